The number of Topliss-reactive ketones (excluding diaryl/α,β-unsaturated/α-hetero) is 1. The number of fused-ring (bicyclic) bond motifs is 1. The van der Waals surface area contributed by atoms with Gasteiger partial charge in [0.1, 0.15) is 0 Å². The van der Waals surface area contributed by atoms with E-state index >= 15 is 0 Å². The molecule has 0 saturated heterocycles. The number of ketones is 1. The fourth-order valence-electron chi connectivity index (χ4n) is 3.40. The molecule has 0 fully saturated rings. The predicted octanol–water partition coefficient (Wildman–Crippen LogP) is 5.28. The SMILES string of the molecule is O=C(C[C@@]1(O)C(=O)N(Cc2ccccc2)c2ccc(Br)cc21)c1ccc(Br)s1. The van der Waals surface area contributed by atoms with Crippen molar-refractivity contribution in [2.75, 3.05) is 4.90 Å². The molecule has 142 valence electrons. The summed E-state index contributed by atoms with van der Waals surface area (Å²) < 4.78 is 1.57. The number of halogens is 2. The van der Waals surface area contributed by atoms with Gasteiger partial charge in [0.2, 0.25) is 0 Å². The highest BCUT2D eigenvalue weighted by Gasteiger charge is 2.51. The molecular formula is C21H15Br2NO3S. The molecule has 0 bridgehead atoms. The number of carbonyl (C=O) groups is 2. The van der Waals surface area contributed by atoms with Crippen molar-refractivity contribution in [3.05, 3.63) is 84.9 Å². The Bertz CT molecular complexity index is 1070. The lowest BCUT2D eigenvalue weighted by atomic mass is 9.89. The van der Waals surface area contributed by atoms with Crippen LogP contribution in [-0.4, -0.2) is 16.8 Å². The highest BCUT2D eigenvalue weighted by Crippen LogP contribution is 2.45. The van der Waals surface area contributed by atoms with Crippen molar-refractivity contribution in [3.63, 3.8) is 0 Å². The number of rotatable bonds is 5. The zero-order valence-electron chi connectivity index (χ0n) is 14.6. The molecule has 0 aliphatic carbocycles. The maximum Gasteiger partial charge on any atom is 0.264 e. The summed E-state index contributed by atoms with van der Waals surface area (Å²) in [4.78, 5) is 28.1. The summed E-state index contributed by atoms with van der Waals surface area (Å²) in [5.41, 5.74) is 0.135. The average molecular weight is 521 g/mol. The lowest BCUT2D eigenvalue weighted by Crippen LogP contribution is -2.41. The van der Waals surface area contributed by atoms with Gasteiger partial charge in [-0.1, -0.05) is 46.3 Å². The Kier molecular flexibility index (Phi) is 5.26. The van der Waals surface area contributed by atoms with Crippen LogP contribution >= 0.6 is 43.2 Å². The molecule has 4 rings (SSSR count). The van der Waals surface area contributed by atoms with Crippen LogP contribution < -0.4 is 4.90 Å². The molecule has 7 heteroatoms. The lowest BCUT2D eigenvalue weighted by molar-refractivity contribution is -0.136. The molecule has 1 amide bonds. The number of hydrogen-bond acceptors (Lipinski definition) is 4. The van der Waals surface area contributed by atoms with Crippen molar-refractivity contribution in [3.8, 4) is 0 Å². The molecule has 1 aliphatic rings. The van der Waals surface area contributed by atoms with Gasteiger partial charge in [-0.25, -0.2) is 0 Å². The summed E-state index contributed by atoms with van der Waals surface area (Å²) in [6.45, 7) is 0.329. The summed E-state index contributed by atoms with van der Waals surface area (Å²) in [6, 6.07) is 18.4. The molecule has 1 aliphatic heterocycles. The highest BCUT2D eigenvalue weighted by atomic mass is 79.9. The molecule has 2 heterocycles. The van der Waals surface area contributed by atoms with Gasteiger partial charge in [-0.15, -0.1) is 11.3 Å². The predicted molar refractivity (Wildman–Crippen MR) is 117 cm³/mol. The van der Waals surface area contributed by atoms with Crippen LogP contribution in [0.5, 0.6) is 0 Å². The summed E-state index contributed by atoms with van der Waals surface area (Å²) >= 11 is 8.04. The van der Waals surface area contributed by atoms with E-state index in [2.05, 4.69) is 31.9 Å². The largest absolute Gasteiger partial charge is 0.375 e. The second-order valence-corrected chi connectivity index (χ2v) is 9.98. The Labute approximate surface area is 183 Å². The number of benzene rings is 2. The Morgan fingerprint density at radius 3 is 2.50 bits per heavy atom. The minimum atomic E-state index is -1.89. The van der Waals surface area contributed by atoms with E-state index < -0.39 is 11.5 Å². The number of anilines is 1. The van der Waals surface area contributed by atoms with Crippen molar-refractivity contribution >= 4 is 60.6 Å². The van der Waals surface area contributed by atoms with Crippen LogP contribution in [0.2, 0.25) is 0 Å². The molecule has 1 N–H and O–H groups in total. The maximum absolute atomic E-state index is 13.3. The highest BCUT2D eigenvalue weighted by molar-refractivity contribution is 9.11. The molecular weight excluding hydrogens is 506 g/mol. The molecule has 0 spiro atoms. The van der Waals surface area contributed by atoms with Crippen molar-refractivity contribution in [1.29, 1.82) is 0 Å². The first kappa shape index (κ1) is 19.5. The number of amides is 1. The van der Waals surface area contributed by atoms with Crippen LogP contribution in [0.25, 0.3) is 0 Å². The van der Waals surface area contributed by atoms with Crippen molar-refractivity contribution in [2.45, 2.75) is 18.6 Å². The first-order chi connectivity index (χ1) is 13.4. The Morgan fingerprint density at radius 1 is 1.07 bits per heavy atom. The van der Waals surface area contributed by atoms with Gasteiger partial charge < -0.3 is 10.0 Å². The quantitative estimate of drug-likeness (QED) is 0.465. The second kappa shape index (κ2) is 7.55. The zero-order chi connectivity index (χ0) is 19.9. The van der Waals surface area contributed by atoms with Crippen LogP contribution in [0.15, 0.2) is 68.9 Å². The second-order valence-electron chi connectivity index (χ2n) is 6.60. The summed E-state index contributed by atoms with van der Waals surface area (Å²) in [7, 11) is 0. The van der Waals surface area contributed by atoms with Crippen molar-refractivity contribution < 1.29 is 14.7 Å². The third-order valence-electron chi connectivity index (χ3n) is 4.74. The molecule has 0 saturated carbocycles. The first-order valence-electron chi connectivity index (χ1n) is 8.55. The lowest BCUT2D eigenvalue weighted by Gasteiger charge is -2.22. The van der Waals surface area contributed by atoms with Crippen molar-refractivity contribution in [1.82, 2.24) is 0 Å². The van der Waals surface area contributed by atoms with E-state index in [1.165, 1.54) is 11.3 Å². The standard InChI is InChI=1S/C21H15Br2NO3S/c22-14-6-7-16-15(10-14)21(27,11-17(25)18-8-9-19(23)28-18)20(26)24(16)12-13-4-2-1-3-5-13/h1-10,27H,11-12H2/t21-/m0/s1. The fraction of sp³-hybridized carbons (Fsp3) is 0.143. The minimum Gasteiger partial charge on any atom is -0.375 e. The van der Waals surface area contributed by atoms with Crippen LogP contribution in [-0.2, 0) is 16.9 Å². The number of nitrogens with zero attached hydrogens (tertiary/aromatic N) is 1. The fourth-order valence-corrected chi connectivity index (χ4v) is 5.08. The Hall–Kier alpha value is -1.80. The average Bonchev–Trinajstić information content (AvgIpc) is 3.19. The molecule has 0 radical (unpaired) electrons. The number of aliphatic hydroxyl groups is 1. The van der Waals surface area contributed by atoms with E-state index in [1.807, 2.05) is 36.4 Å². The normalized spacial score (nSPS) is 18.4. The van der Waals surface area contributed by atoms with Crippen LogP contribution in [0.4, 0.5) is 5.69 Å². The van der Waals surface area contributed by atoms with E-state index in [-0.39, 0.29) is 12.2 Å². The summed E-state index contributed by atoms with van der Waals surface area (Å²) in [6.07, 6.45) is -0.298. The smallest absolute Gasteiger partial charge is 0.264 e. The third kappa shape index (κ3) is 3.48. The molecule has 4 nitrogen and oxygen atoms in total. The van der Waals surface area contributed by atoms with Crippen LogP contribution in [0.1, 0.15) is 27.2 Å². The Morgan fingerprint density at radius 2 is 1.82 bits per heavy atom. The van der Waals surface area contributed by atoms with Gasteiger partial charge in [0.25, 0.3) is 5.91 Å². The van der Waals surface area contributed by atoms with Gasteiger partial charge in [-0.3, -0.25) is 9.59 Å². The van der Waals surface area contributed by atoms with E-state index in [0.717, 1.165) is 13.8 Å². The molecule has 2 aromatic carbocycles. The maximum atomic E-state index is 13.3. The van der Waals surface area contributed by atoms with E-state index in [1.54, 1.807) is 29.2 Å². The van der Waals surface area contributed by atoms with Gasteiger partial charge in [0.05, 0.1) is 27.3 Å². The van der Waals surface area contributed by atoms with Crippen LogP contribution in [0.3, 0.4) is 0 Å². The van der Waals surface area contributed by atoms with Gasteiger partial charge >= 0.3 is 0 Å². The summed E-state index contributed by atoms with van der Waals surface area (Å²) in [5.74, 6) is -0.743. The van der Waals surface area contributed by atoms with Gasteiger partial charge in [-0.05, 0) is 51.8 Å². The molecule has 1 aromatic heterocycles. The number of carbonyl (C=O) groups excluding carboxylic acids is 2. The first-order valence-corrected chi connectivity index (χ1v) is 11.0. The van der Waals surface area contributed by atoms with E-state index in [0.29, 0.717) is 22.7 Å². The summed E-state index contributed by atoms with van der Waals surface area (Å²) in [5, 5.41) is 11.4. The molecule has 0 unspecified atom stereocenters. The van der Waals surface area contributed by atoms with E-state index in [4.69, 9.17) is 0 Å². The topological polar surface area (TPSA) is 57.6 Å². The molecule has 3 aromatic rings. The molecule has 1 atom stereocenters. The zero-order valence-corrected chi connectivity index (χ0v) is 18.6. The van der Waals surface area contributed by atoms with Gasteiger partial charge in [0, 0.05) is 10.0 Å². The Balaban J connectivity index is 1.72. The minimum absolute atomic E-state index is 0.265. The van der Waals surface area contributed by atoms with Crippen LogP contribution in [0, 0.1) is 0 Å². The van der Waals surface area contributed by atoms with Gasteiger partial charge in [0.15, 0.2) is 11.4 Å². The van der Waals surface area contributed by atoms with Crippen molar-refractivity contribution in [2.24, 2.45) is 0 Å². The monoisotopic (exact) mass is 519 g/mol. The number of thiophene rings is 1. The number of hydrogen-bond donors (Lipinski definition) is 1. The van der Waals surface area contributed by atoms with E-state index in [9.17, 15) is 14.7 Å². The third-order valence-corrected chi connectivity index (χ3v) is 6.90. The van der Waals surface area contributed by atoms with Gasteiger partial charge in [-0.2, -0.15) is 0 Å². The molecule has 28 heavy (non-hydrogen) atoms.